The first-order valence-electron chi connectivity index (χ1n) is 10.3. The van der Waals surface area contributed by atoms with Crippen LogP contribution in [0.15, 0.2) is 60.2 Å². The maximum absolute atomic E-state index is 12.0. The van der Waals surface area contributed by atoms with Gasteiger partial charge in [-0.25, -0.2) is 18.2 Å². The molecule has 0 radical (unpaired) electrons. The van der Waals surface area contributed by atoms with E-state index in [2.05, 4.69) is 10.1 Å². The van der Waals surface area contributed by atoms with Crippen LogP contribution in [0.25, 0.3) is 11.8 Å². The van der Waals surface area contributed by atoms with Crippen LogP contribution in [0, 0.1) is 24.4 Å². The molecular formula is C24H25F3N4O3. The molecule has 0 saturated heterocycles. The second kappa shape index (κ2) is 11.4. The van der Waals surface area contributed by atoms with Gasteiger partial charge in [0, 0.05) is 13.2 Å². The van der Waals surface area contributed by atoms with Gasteiger partial charge in [0.05, 0.1) is 38.0 Å². The predicted molar refractivity (Wildman–Crippen MR) is 122 cm³/mol. The van der Waals surface area contributed by atoms with Crippen molar-refractivity contribution >= 4 is 11.9 Å². The van der Waals surface area contributed by atoms with E-state index in [0.29, 0.717) is 12.4 Å². The Bertz CT molecular complexity index is 1160. The van der Waals surface area contributed by atoms with Crippen molar-refractivity contribution in [3.8, 4) is 11.4 Å². The van der Waals surface area contributed by atoms with Crippen LogP contribution in [0.1, 0.15) is 11.3 Å². The molecule has 1 aromatic heterocycles. The third kappa shape index (κ3) is 6.16. The van der Waals surface area contributed by atoms with Gasteiger partial charge in [0.25, 0.3) is 0 Å². The molecule has 0 fully saturated rings. The molecule has 1 aliphatic rings. The number of aliphatic hydroxyl groups excluding tert-OH is 1. The minimum Gasteiger partial charge on any atom is -0.495 e. The number of nitrogens with zero attached hydrogens (tertiary/aromatic N) is 4. The highest BCUT2D eigenvalue weighted by Crippen LogP contribution is 2.25. The van der Waals surface area contributed by atoms with Gasteiger partial charge >= 0.3 is 0 Å². The van der Waals surface area contributed by atoms with E-state index in [1.54, 1.807) is 13.4 Å². The first-order chi connectivity index (χ1) is 16.3. The highest BCUT2D eigenvalue weighted by Gasteiger charge is 2.19. The van der Waals surface area contributed by atoms with E-state index in [0.717, 1.165) is 40.9 Å². The fourth-order valence-electron chi connectivity index (χ4n) is 3.09. The number of benzene rings is 2. The van der Waals surface area contributed by atoms with Gasteiger partial charge in [0.2, 0.25) is 0 Å². The molecule has 1 N–H and O–H groups in total. The van der Waals surface area contributed by atoms with E-state index >= 15 is 0 Å². The number of aromatic nitrogens is 2. The summed E-state index contributed by atoms with van der Waals surface area (Å²) in [6.07, 6.45) is 7.27. The van der Waals surface area contributed by atoms with Crippen molar-refractivity contribution in [2.24, 2.45) is 5.16 Å². The summed E-state index contributed by atoms with van der Waals surface area (Å²) in [5.41, 5.74) is 2.87. The third-order valence-corrected chi connectivity index (χ3v) is 4.89. The van der Waals surface area contributed by atoms with Crippen molar-refractivity contribution in [3.63, 3.8) is 0 Å². The lowest BCUT2D eigenvalue weighted by molar-refractivity contribution is -0.00839. The van der Waals surface area contributed by atoms with Crippen LogP contribution in [0.2, 0.25) is 0 Å². The van der Waals surface area contributed by atoms with E-state index in [9.17, 15) is 13.2 Å². The minimum absolute atomic E-state index is 0.0444. The van der Waals surface area contributed by atoms with Crippen LogP contribution in [-0.2, 0) is 4.84 Å². The van der Waals surface area contributed by atoms with E-state index < -0.39 is 17.5 Å². The summed E-state index contributed by atoms with van der Waals surface area (Å²) in [5.74, 6) is -2.27. The molecule has 180 valence electrons. The summed E-state index contributed by atoms with van der Waals surface area (Å²) in [6, 6.07) is 8.78. The standard InChI is InChI=1S/C18H22N4O3.C6H3F3/c1-13-9-22(12-19-13)16-6-4-14(8-17(16)24-3)5-7-18-20-25-15(11-23)10-21(18)2;7-4-2-1-3-5(8)6(4)9/h4-9,12,15,23H,10-11H2,1-3H3;1-3H/b7-5+;. The lowest BCUT2D eigenvalue weighted by atomic mass is 10.1. The van der Waals surface area contributed by atoms with Gasteiger partial charge in [-0.1, -0.05) is 23.4 Å². The zero-order chi connectivity index (χ0) is 24.7. The zero-order valence-electron chi connectivity index (χ0n) is 19.0. The number of hydrogen-bond acceptors (Lipinski definition) is 6. The SMILES string of the molecule is COc1cc(/C=C/C2=NOC(CO)CN2C)ccc1-n1cnc(C)c1.Fc1cccc(F)c1F. The summed E-state index contributed by atoms with van der Waals surface area (Å²) >= 11 is 0. The van der Waals surface area contributed by atoms with Crippen LogP contribution in [0.5, 0.6) is 5.75 Å². The first-order valence-corrected chi connectivity index (χ1v) is 10.3. The summed E-state index contributed by atoms with van der Waals surface area (Å²) in [7, 11) is 3.57. The molecule has 0 bridgehead atoms. The van der Waals surface area contributed by atoms with E-state index in [1.165, 1.54) is 0 Å². The van der Waals surface area contributed by atoms with Crippen molar-refractivity contribution in [2.75, 3.05) is 27.3 Å². The molecule has 4 rings (SSSR count). The Morgan fingerprint density at radius 2 is 1.91 bits per heavy atom. The minimum atomic E-state index is -1.42. The Hall–Kier alpha value is -3.79. The number of hydrogen-bond donors (Lipinski definition) is 1. The number of oxime groups is 1. The molecule has 34 heavy (non-hydrogen) atoms. The molecule has 2 aromatic carbocycles. The quantitative estimate of drug-likeness (QED) is 0.567. The number of amidine groups is 1. The molecule has 0 amide bonds. The van der Waals surface area contributed by atoms with Gasteiger partial charge in [-0.2, -0.15) is 0 Å². The van der Waals surface area contributed by atoms with E-state index in [1.807, 2.05) is 60.0 Å². The maximum Gasteiger partial charge on any atom is 0.194 e. The van der Waals surface area contributed by atoms with Crippen molar-refractivity contribution < 1.29 is 27.9 Å². The number of halogens is 3. The number of likely N-dealkylation sites (N-methyl/N-ethyl adjacent to an activating group) is 1. The fourth-order valence-corrected chi connectivity index (χ4v) is 3.09. The Kier molecular flexibility index (Phi) is 8.31. The van der Waals surface area contributed by atoms with Crippen molar-refractivity contribution in [1.29, 1.82) is 0 Å². The number of aliphatic hydroxyl groups is 1. The summed E-state index contributed by atoms with van der Waals surface area (Å²) in [6.45, 7) is 2.50. The van der Waals surface area contributed by atoms with Gasteiger partial charge in [-0.3, -0.25) is 0 Å². The van der Waals surface area contributed by atoms with Crippen LogP contribution in [0.4, 0.5) is 13.2 Å². The van der Waals surface area contributed by atoms with Crippen molar-refractivity contribution in [1.82, 2.24) is 14.5 Å². The lowest BCUT2D eigenvalue weighted by Gasteiger charge is -2.27. The smallest absolute Gasteiger partial charge is 0.194 e. The normalized spacial score (nSPS) is 15.4. The molecule has 1 unspecified atom stereocenters. The molecule has 1 atom stereocenters. The van der Waals surface area contributed by atoms with Crippen molar-refractivity contribution in [3.05, 3.63) is 83.7 Å². The van der Waals surface area contributed by atoms with Gasteiger partial charge in [0.1, 0.15) is 5.75 Å². The molecule has 0 spiro atoms. The number of rotatable bonds is 5. The molecule has 3 aromatic rings. The molecule has 2 heterocycles. The molecule has 10 heteroatoms. The largest absolute Gasteiger partial charge is 0.495 e. The summed E-state index contributed by atoms with van der Waals surface area (Å²) in [5, 5.41) is 13.2. The van der Waals surface area contributed by atoms with Gasteiger partial charge < -0.3 is 24.1 Å². The summed E-state index contributed by atoms with van der Waals surface area (Å²) in [4.78, 5) is 11.4. The number of aryl methyl sites for hydroxylation is 1. The Morgan fingerprint density at radius 3 is 2.47 bits per heavy atom. The van der Waals surface area contributed by atoms with Crippen LogP contribution >= 0.6 is 0 Å². The van der Waals surface area contributed by atoms with Crippen molar-refractivity contribution in [2.45, 2.75) is 13.0 Å². The van der Waals surface area contributed by atoms with E-state index in [4.69, 9.17) is 14.7 Å². The number of ether oxygens (including phenoxy) is 1. The van der Waals surface area contributed by atoms with Gasteiger partial charge in [0.15, 0.2) is 29.4 Å². The monoisotopic (exact) mass is 474 g/mol. The number of imidazole rings is 1. The van der Waals surface area contributed by atoms with Gasteiger partial charge in [-0.05, 0) is 42.8 Å². The van der Waals surface area contributed by atoms with Crippen LogP contribution in [-0.4, -0.2) is 58.8 Å². The molecule has 1 aliphatic heterocycles. The molecular weight excluding hydrogens is 449 g/mol. The van der Waals surface area contributed by atoms with E-state index in [-0.39, 0.29) is 12.7 Å². The topological polar surface area (TPSA) is 72.1 Å². The second-order valence-corrected chi connectivity index (χ2v) is 7.46. The molecule has 0 saturated carbocycles. The third-order valence-electron chi connectivity index (χ3n) is 4.89. The molecule has 7 nitrogen and oxygen atoms in total. The van der Waals surface area contributed by atoms with Crippen LogP contribution < -0.4 is 4.74 Å². The Labute approximate surface area is 195 Å². The zero-order valence-corrected chi connectivity index (χ0v) is 19.0. The highest BCUT2D eigenvalue weighted by atomic mass is 19.2. The van der Waals surface area contributed by atoms with Crippen LogP contribution in [0.3, 0.4) is 0 Å². The predicted octanol–water partition coefficient (Wildman–Crippen LogP) is 3.94. The number of methoxy groups -OCH3 is 1. The first kappa shape index (κ1) is 24.8. The lowest BCUT2D eigenvalue weighted by Crippen LogP contribution is -2.40. The Balaban J connectivity index is 0.000000302. The average molecular weight is 474 g/mol. The summed E-state index contributed by atoms with van der Waals surface area (Å²) < 4.78 is 43.4. The second-order valence-electron chi connectivity index (χ2n) is 7.46. The van der Waals surface area contributed by atoms with Gasteiger partial charge in [-0.15, -0.1) is 0 Å². The maximum atomic E-state index is 12.0. The highest BCUT2D eigenvalue weighted by molar-refractivity contribution is 5.96. The molecule has 0 aliphatic carbocycles. The fraction of sp³-hybridized carbons (Fsp3) is 0.250. The Morgan fingerprint density at radius 1 is 1.18 bits per heavy atom. The average Bonchev–Trinajstić information content (AvgIpc) is 3.27.